The van der Waals surface area contributed by atoms with E-state index in [1.807, 2.05) is 17.5 Å². The number of rotatable bonds is 4. The Bertz CT molecular complexity index is 358. The van der Waals surface area contributed by atoms with Gasteiger partial charge in [-0.15, -0.1) is 11.3 Å². The van der Waals surface area contributed by atoms with Crippen LogP contribution >= 0.6 is 11.3 Å². The SMILES string of the molecule is CCC1CCCCC1(NC1CC1)c1nccs1. The molecule has 2 unspecified atom stereocenters. The van der Waals surface area contributed by atoms with Gasteiger partial charge in [-0.3, -0.25) is 0 Å². The van der Waals surface area contributed by atoms with Crippen LogP contribution in [0.5, 0.6) is 0 Å². The summed E-state index contributed by atoms with van der Waals surface area (Å²) in [5.41, 5.74) is 0.211. The van der Waals surface area contributed by atoms with Crippen molar-refractivity contribution in [1.29, 1.82) is 0 Å². The molecule has 0 amide bonds. The lowest BCUT2D eigenvalue weighted by Crippen LogP contribution is -2.51. The van der Waals surface area contributed by atoms with Gasteiger partial charge >= 0.3 is 0 Å². The lowest BCUT2D eigenvalue weighted by molar-refractivity contribution is 0.133. The second-order valence-corrected chi connectivity index (χ2v) is 6.47. The summed E-state index contributed by atoms with van der Waals surface area (Å²) in [5, 5.41) is 7.43. The van der Waals surface area contributed by atoms with Crippen LogP contribution in [0.15, 0.2) is 11.6 Å². The van der Waals surface area contributed by atoms with Crippen LogP contribution in [0.25, 0.3) is 0 Å². The first-order valence-electron chi connectivity index (χ1n) is 7.03. The van der Waals surface area contributed by atoms with Crippen molar-refractivity contribution in [2.45, 2.75) is 63.5 Å². The van der Waals surface area contributed by atoms with E-state index >= 15 is 0 Å². The molecule has 2 aliphatic carbocycles. The zero-order valence-electron chi connectivity index (χ0n) is 10.6. The average molecular weight is 250 g/mol. The second-order valence-electron chi connectivity index (χ2n) is 5.58. The van der Waals surface area contributed by atoms with Gasteiger partial charge < -0.3 is 5.32 Å². The third-order valence-electron chi connectivity index (χ3n) is 4.42. The van der Waals surface area contributed by atoms with Crippen molar-refractivity contribution in [3.63, 3.8) is 0 Å². The maximum absolute atomic E-state index is 4.65. The van der Waals surface area contributed by atoms with E-state index in [0.29, 0.717) is 0 Å². The standard InChI is InChI=1S/C14H22N2S/c1-2-11-5-3-4-8-14(11,16-12-6-7-12)13-15-9-10-17-13/h9-12,16H,2-8H2,1H3. The van der Waals surface area contributed by atoms with E-state index in [1.54, 1.807) is 0 Å². The molecule has 0 aromatic carbocycles. The minimum absolute atomic E-state index is 0.211. The number of hydrogen-bond donors (Lipinski definition) is 1. The first-order valence-corrected chi connectivity index (χ1v) is 7.91. The highest BCUT2D eigenvalue weighted by molar-refractivity contribution is 7.09. The molecule has 0 saturated heterocycles. The summed E-state index contributed by atoms with van der Waals surface area (Å²) in [6.45, 7) is 2.34. The molecule has 1 aromatic rings. The fraction of sp³-hybridized carbons (Fsp3) is 0.786. The van der Waals surface area contributed by atoms with Crippen molar-refractivity contribution >= 4 is 11.3 Å². The Balaban J connectivity index is 1.92. The minimum atomic E-state index is 0.211. The van der Waals surface area contributed by atoms with Gasteiger partial charge in [-0.1, -0.05) is 26.2 Å². The van der Waals surface area contributed by atoms with Crippen LogP contribution in [-0.2, 0) is 5.54 Å². The van der Waals surface area contributed by atoms with Crippen molar-refractivity contribution in [3.05, 3.63) is 16.6 Å². The van der Waals surface area contributed by atoms with E-state index in [4.69, 9.17) is 0 Å². The Hall–Kier alpha value is -0.410. The van der Waals surface area contributed by atoms with Gasteiger partial charge in [0, 0.05) is 17.6 Å². The zero-order valence-corrected chi connectivity index (χ0v) is 11.4. The highest BCUT2D eigenvalue weighted by Gasteiger charge is 2.45. The van der Waals surface area contributed by atoms with E-state index < -0.39 is 0 Å². The van der Waals surface area contributed by atoms with Crippen LogP contribution in [0.2, 0.25) is 0 Å². The first-order chi connectivity index (χ1) is 8.35. The molecule has 1 aromatic heterocycles. The molecule has 3 rings (SSSR count). The lowest BCUT2D eigenvalue weighted by atomic mass is 9.71. The quantitative estimate of drug-likeness (QED) is 0.881. The Morgan fingerprint density at radius 1 is 1.41 bits per heavy atom. The van der Waals surface area contributed by atoms with E-state index in [1.165, 1.54) is 50.0 Å². The van der Waals surface area contributed by atoms with Crippen molar-refractivity contribution in [2.24, 2.45) is 5.92 Å². The topological polar surface area (TPSA) is 24.9 Å². The summed E-state index contributed by atoms with van der Waals surface area (Å²) >= 11 is 1.84. The molecule has 1 heterocycles. The van der Waals surface area contributed by atoms with Gasteiger partial charge in [-0.2, -0.15) is 0 Å². The monoisotopic (exact) mass is 250 g/mol. The average Bonchev–Trinajstić information content (AvgIpc) is 2.99. The molecule has 0 aliphatic heterocycles. The number of nitrogens with one attached hydrogen (secondary N) is 1. The maximum Gasteiger partial charge on any atom is 0.113 e. The van der Waals surface area contributed by atoms with E-state index in [2.05, 4.69) is 22.6 Å². The molecule has 2 saturated carbocycles. The van der Waals surface area contributed by atoms with Gasteiger partial charge in [-0.05, 0) is 31.6 Å². The molecule has 0 radical (unpaired) electrons. The normalized spacial score (nSPS) is 33.8. The van der Waals surface area contributed by atoms with Gasteiger partial charge in [-0.25, -0.2) is 4.98 Å². The molecule has 2 aliphatic rings. The van der Waals surface area contributed by atoms with Crippen molar-refractivity contribution in [3.8, 4) is 0 Å². The predicted molar refractivity (Wildman–Crippen MR) is 72.2 cm³/mol. The third kappa shape index (κ3) is 2.15. The lowest BCUT2D eigenvalue weighted by Gasteiger charge is -2.43. The Morgan fingerprint density at radius 2 is 2.29 bits per heavy atom. The molecular weight excluding hydrogens is 228 g/mol. The van der Waals surface area contributed by atoms with Gasteiger partial charge in [0.2, 0.25) is 0 Å². The molecule has 2 nitrogen and oxygen atoms in total. The number of nitrogens with zero attached hydrogens (tertiary/aromatic N) is 1. The van der Waals surface area contributed by atoms with Crippen molar-refractivity contribution in [2.75, 3.05) is 0 Å². The molecule has 17 heavy (non-hydrogen) atoms. The summed E-state index contributed by atoms with van der Waals surface area (Å²) in [5.74, 6) is 0.781. The van der Waals surface area contributed by atoms with Gasteiger partial charge in [0.05, 0.1) is 5.54 Å². The maximum atomic E-state index is 4.65. The zero-order chi connectivity index (χ0) is 11.7. The molecule has 0 spiro atoms. The molecule has 1 N–H and O–H groups in total. The largest absolute Gasteiger partial charge is 0.302 e. The van der Waals surface area contributed by atoms with Crippen LogP contribution in [0.1, 0.15) is 56.9 Å². The predicted octanol–water partition coefficient (Wildman–Crippen LogP) is 3.69. The van der Waals surface area contributed by atoms with Crippen LogP contribution in [0.3, 0.4) is 0 Å². The number of hydrogen-bond acceptors (Lipinski definition) is 3. The summed E-state index contributed by atoms with van der Waals surface area (Å²) in [6, 6.07) is 0.769. The van der Waals surface area contributed by atoms with Crippen LogP contribution in [0.4, 0.5) is 0 Å². The molecule has 94 valence electrons. The minimum Gasteiger partial charge on any atom is -0.302 e. The summed E-state index contributed by atoms with van der Waals surface area (Å²) in [4.78, 5) is 4.65. The fourth-order valence-corrected chi connectivity index (χ4v) is 4.28. The van der Waals surface area contributed by atoms with Crippen LogP contribution < -0.4 is 5.32 Å². The smallest absolute Gasteiger partial charge is 0.113 e. The van der Waals surface area contributed by atoms with Gasteiger partial charge in [0.15, 0.2) is 0 Å². The van der Waals surface area contributed by atoms with Crippen LogP contribution in [0, 0.1) is 5.92 Å². The highest BCUT2D eigenvalue weighted by Crippen LogP contribution is 2.45. The highest BCUT2D eigenvalue weighted by atomic mass is 32.1. The summed E-state index contributed by atoms with van der Waals surface area (Å²) < 4.78 is 0. The van der Waals surface area contributed by atoms with E-state index in [-0.39, 0.29) is 5.54 Å². The Morgan fingerprint density at radius 3 is 2.94 bits per heavy atom. The molecular formula is C14H22N2S. The van der Waals surface area contributed by atoms with Crippen molar-refractivity contribution < 1.29 is 0 Å². The second kappa shape index (κ2) is 4.69. The Kier molecular flexibility index (Phi) is 3.22. The molecule has 2 fully saturated rings. The van der Waals surface area contributed by atoms with Crippen molar-refractivity contribution in [1.82, 2.24) is 10.3 Å². The third-order valence-corrected chi connectivity index (χ3v) is 5.37. The summed E-state index contributed by atoms with van der Waals surface area (Å²) in [7, 11) is 0. The number of aromatic nitrogens is 1. The summed E-state index contributed by atoms with van der Waals surface area (Å²) in [6.07, 6.45) is 11.4. The number of thiazole rings is 1. The molecule has 3 heteroatoms. The Labute approximate surface area is 108 Å². The van der Waals surface area contributed by atoms with E-state index in [9.17, 15) is 0 Å². The molecule has 0 bridgehead atoms. The van der Waals surface area contributed by atoms with E-state index in [0.717, 1.165) is 12.0 Å². The van der Waals surface area contributed by atoms with Crippen LogP contribution in [-0.4, -0.2) is 11.0 Å². The fourth-order valence-electron chi connectivity index (χ4n) is 3.37. The van der Waals surface area contributed by atoms with Gasteiger partial charge in [0.1, 0.15) is 5.01 Å². The first kappa shape index (κ1) is 11.7. The molecule has 2 atom stereocenters. The van der Waals surface area contributed by atoms with Gasteiger partial charge in [0.25, 0.3) is 0 Å².